The largest absolute Gasteiger partial charge is 0.465 e. The Morgan fingerprint density at radius 3 is 2.72 bits per heavy atom. The molecule has 29 heavy (non-hydrogen) atoms. The highest BCUT2D eigenvalue weighted by atomic mass is 32.1. The van der Waals surface area contributed by atoms with E-state index in [2.05, 4.69) is 15.4 Å². The molecule has 0 unspecified atom stereocenters. The first-order valence-corrected chi connectivity index (χ1v) is 9.58. The van der Waals surface area contributed by atoms with E-state index in [0.29, 0.717) is 22.0 Å². The van der Waals surface area contributed by atoms with Crippen LogP contribution in [0.3, 0.4) is 0 Å². The summed E-state index contributed by atoms with van der Waals surface area (Å²) in [6, 6.07) is 16.3. The summed E-state index contributed by atoms with van der Waals surface area (Å²) in [4.78, 5) is 28.6. The Labute approximate surface area is 170 Å². The fourth-order valence-electron chi connectivity index (χ4n) is 2.70. The van der Waals surface area contributed by atoms with Crippen molar-refractivity contribution in [1.29, 1.82) is 0 Å². The fourth-order valence-corrected chi connectivity index (χ4v) is 3.48. The summed E-state index contributed by atoms with van der Waals surface area (Å²) in [6.45, 7) is 0. The molecule has 0 radical (unpaired) electrons. The third kappa shape index (κ3) is 4.07. The number of carbonyl (C=O) groups excluding carboxylic acids is 2. The maximum atomic E-state index is 12.5. The van der Waals surface area contributed by atoms with E-state index in [1.54, 1.807) is 40.5 Å². The van der Waals surface area contributed by atoms with Gasteiger partial charge in [-0.2, -0.15) is 5.10 Å². The van der Waals surface area contributed by atoms with Crippen molar-refractivity contribution in [3.05, 3.63) is 83.6 Å². The van der Waals surface area contributed by atoms with Crippen LogP contribution in [0.2, 0.25) is 0 Å². The van der Waals surface area contributed by atoms with Crippen molar-refractivity contribution in [2.24, 2.45) is 0 Å². The predicted octanol–water partition coefficient (Wildman–Crippen LogP) is 4.03. The second-order valence-corrected chi connectivity index (χ2v) is 6.93. The van der Waals surface area contributed by atoms with Gasteiger partial charge in [0.15, 0.2) is 0 Å². The molecule has 0 aliphatic rings. The van der Waals surface area contributed by atoms with E-state index in [1.807, 2.05) is 36.5 Å². The van der Waals surface area contributed by atoms with Gasteiger partial charge in [-0.25, -0.2) is 14.5 Å². The molecule has 0 atom stereocenters. The summed E-state index contributed by atoms with van der Waals surface area (Å²) in [7, 11) is 1.31. The van der Waals surface area contributed by atoms with Crippen molar-refractivity contribution < 1.29 is 14.3 Å². The van der Waals surface area contributed by atoms with E-state index in [4.69, 9.17) is 4.74 Å². The number of methoxy groups -OCH3 is 1. The number of amides is 1. The Kier molecular flexibility index (Phi) is 5.17. The van der Waals surface area contributed by atoms with Gasteiger partial charge in [-0.05, 0) is 30.3 Å². The lowest BCUT2D eigenvalue weighted by molar-refractivity contribution is 0.0600. The van der Waals surface area contributed by atoms with Crippen LogP contribution in [0.5, 0.6) is 0 Å². The maximum absolute atomic E-state index is 12.5. The van der Waals surface area contributed by atoms with E-state index in [1.165, 1.54) is 18.4 Å². The number of hydrogen-bond acceptors (Lipinski definition) is 6. The first kappa shape index (κ1) is 18.6. The molecule has 0 aliphatic carbocycles. The standard InChI is InChI=1S/C21H16N4O3S/c1-28-21(27)14-6-5-7-16(10-14)23-19(26)18-13-29-20(24-18)15-11-22-25(12-15)17-8-3-2-4-9-17/h2-13H,1H3,(H,23,26). The van der Waals surface area contributed by atoms with Gasteiger partial charge in [0.2, 0.25) is 0 Å². The second-order valence-electron chi connectivity index (χ2n) is 6.07. The van der Waals surface area contributed by atoms with E-state index in [9.17, 15) is 9.59 Å². The average Bonchev–Trinajstić information content (AvgIpc) is 3.44. The molecular formula is C21H16N4O3S. The number of carbonyl (C=O) groups is 2. The molecule has 0 bridgehead atoms. The summed E-state index contributed by atoms with van der Waals surface area (Å²) in [6.07, 6.45) is 3.59. The first-order valence-electron chi connectivity index (χ1n) is 8.70. The molecule has 0 aliphatic heterocycles. The first-order chi connectivity index (χ1) is 14.1. The highest BCUT2D eigenvalue weighted by molar-refractivity contribution is 7.13. The Morgan fingerprint density at radius 2 is 1.93 bits per heavy atom. The molecule has 0 fully saturated rings. The van der Waals surface area contributed by atoms with E-state index in [-0.39, 0.29) is 5.91 Å². The number of aromatic nitrogens is 3. The minimum absolute atomic E-state index is 0.293. The Bertz CT molecular complexity index is 1170. The van der Waals surface area contributed by atoms with Gasteiger partial charge in [0, 0.05) is 22.8 Å². The van der Waals surface area contributed by atoms with Gasteiger partial charge in [0.1, 0.15) is 10.7 Å². The van der Waals surface area contributed by atoms with E-state index < -0.39 is 5.97 Å². The number of para-hydroxylation sites is 1. The van der Waals surface area contributed by atoms with Gasteiger partial charge in [0.25, 0.3) is 5.91 Å². The lowest BCUT2D eigenvalue weighted by Crippen LogP contribution is -2.13. The number of nitrogens with zero attached hydrogens (tertiary/aromatic N) is 3. The van der Waals surface area contributed by atoms with Gasteiger partial charge in [0.05, 0.1) is 24.6 Å². The molecule has 1 N–H and O–H groups in total. The molecule has 2 aromatic carbocycles. The highest BCUT2D eigenvalue weighted by Crippen LogP contribution is 2.25. The molecule has 0 saturated heterocycles. The molecule has 2 heterocycles. The number of esters is 1. The summed E-state index contributed by atoms with van der Waals surface area (Å²) >= 11 is 1.36. The monoisotopic (exact) mass is 404 g/mol. The van der Waals surface area contributed by atoms with Crippen molar-refractivity contribution in [2.45, 2.75) is 0 Å². The molecular weight excluding hydrogens is 388 g/mol. The topological polar surface area (TPSA) is 86.1 Å². The lowest BCUT2D eigenvalue weighted by atomic mass is 10.2. The Balaban J connectivity index is 1.50. The third-order valence-electron chi connectivity index (χ3n) is 4.13. The van der Waals surface area contributed by atoms with Gasteiger partial charge >= 0.3 is 5.97 Å². The number of anilines is 1. The summed E-state index contributed by atoms with van der Waals surface area (Å²) < 4.78 is 6.46. The summed E-state index contributed by atoms with van der Waals surface area (Å²) in [5.41, 5.74) is 2.91. The lowest BCUT2D eigenvalue weighted by Gasteiger charge is -2.05. The predicted molar refractivity (Wildman–Crippen MR) is 110 cm³/mol. The fraction of sp³-hybridized carbons (Fsp3) is 0.0476. The van der Waals surface area contributed by atoms with Crippen LogP contribution < -0.4 is 5.32 Å². The summed E-state index contributed by atoms with van der Waals surface area (Å²) in [5, 5.41) is 9.49. The molecule has 1 amide bonds. The van der Waals surface area contributed by atoms with Gasteiger partial charge in [-0.1, -0.05) is 24.3 Å². The molecule has 144 valence electrons. The molecule has 0 saturated carbocycles. The quantitative estimate of drug-likeness (QED) is 0.508. The Morgan fingerprint density at radius 1 is 1.10 bits per heavy atom. The normalized spacial score (nSPS) is 10.5. The van der Waals surface area contributed by atoms with Crippen molar-refractivity contribution in [1.82, 2.24) is 14.8 Å². The van der Waals surface area contributed by atoms with Crippen LogP contribution in [0.1, 0.15) is 20.8 Å². The highest BCUT2D eigenvalue weighted by Gasteiger charge is 2.14. The van der Waals surface area contributed by atoms with Crippen molar-refractivity contribution in [3.8, 4) is 16.3 Å². The van der Waals surface area contributed by atoms with Crippen LogP contribution in [0.4, 0.5) is 5.69 Å². The van der Waals surface area contributed by atoms with Crippen LogP contribution >= 0.6 is 11.3 Å². The van der Waals surface area contributed by atoms with Crippen molar-refractivity contribution in [3.63, 3.8) is 0 Å². The minimum atomic E-state index is -0.465. The molecule has 4 rings (SSSR count). The van der Waals surface area contributed by atoms with Crippen molar-refractivity contribution in [2.75, 3.05) is 12.4 Å². The minimum Gasteiger partial charge on any atom is -0.465 e. The molecule has 0 spiro atoms. The zero-order chi connectivity index (χ0) is 20.2. The second kappa shape index (κ2) is 8.07. The number of benzene rings is 2. The zero-order valence-electron chi connectivity index (χ0n) is 15.4. The van der Waals surface area contributed by atoms with Gasteiger partial charge in [-0.3, -0.25) is 4.79 Å². The van der Waals surface area contributed by atoms with Crippen molar-refractivity contribution >= 4 is 28.9 Å². The number of hydrogen-bond donors (Lipinski definition) is 1. The van der Waals surface area contributed by atoms with E-state index in [0.717, 1.165) is 11.3 Å². The number of thiazole rings is 1. The number of ether oxygens (including phenoxy) is 1. The average molecular weight is 404 g/mol. The van der Waals surface area contributed by atoms with Crippen LogP contribution in [0.25, 0.3) is 16.3 Å². The van der Waals surface area contributed by atoms with E-state index >= 15 is 0 Å². The van der Waals surface area contributed by atoms with Crippen LogP contribution in [-0.2, 0) is 4.74 Å². The summed E-state index contributed by atoms with van der Waals surface area (Å²) in [5.74, 6) is -0.822. The number of nitrogens with one attached hydrogen (secondary N) is 1. The zero-order valence-corrected chi connectivity index (χ0v) is 16.2. The number of rotatable bonds is 5. The SMILES string of the molecule is COC(=O)c1cccc(NC(=O)c2csc(-c3cnn(-c4ccccc4)c3)n2)c1. The van der Waals surface area contributed by atoms with Crippen LogP contribution in [-0.4, -0.2) is 33.8 Å². The maximum Gasteiger partial charge on any atom is 0.337 e. The van der Waals surface area contributed by atoms with Gasteiger partial charge < -0.3 is 10.1 Å². The van der Waals surface area contributed by atoms with Crippen LogP contribution in [0.15, 0.2) is 72.4 Å². The molecule has 7 nitrogen and oxygen atoms in total. The molecule has 8 heteroatoms. The smallest absolute Gasteiger partial charge is 0.337 e. The van der Waals surface area contributed by atoms with Gasteiger partial charge in [-0.15, -0.1) is 11.3 Å². The molecule has 2 aromatic heterocycles. The molecule has 4 aromatic rings. The van der Waals surface area contributed by atoms with Crippen LogP contribution in [0, 0.1) is 0 Å². The Hall–Kier alpha value is -3.78. The third-order valence-corrected chi connectivity index (χ3v) is 5.02.